The highest BCUT2D eigenvalue weighted by Crippen LogP contribution is 2.11. The van der Waals surface area contributed by atoms with Gasteiger partial charge in [0.2, 0.25) is 0 Å². The zero-order valence-electron chi connectivity index (χ0n) is 13.2. The Labute approximate surface area is 126 Å². The van der Waals surface area contributed by atoms with Gasteiger partial charge in [-0.25, -0.2) is 0 Å². The van der Waals surface area contributed by atoms with Crippen molar-refractivity contribution in [3.63, 3.8) is 0 Å². The van der Waals surface area contributed by atoms with Gasteiger partial charge in [-0.1, -0.05) is 19.1 Å². The Morgan fingerprint density at radius 3 is 2.19 bits per heavy atom. The Morgan fingerprint density at radius 2 is 1.76 bits per heavy atom. The van der Waals surface area contributed by atoms with Crippen LogP contribution in [0.1, 0.15) is 29.8 Å². The molecule has 0 fully saturated rings. The quantitative estimate of drug-likeness (QED) is 0.834. The molecular weight excluding hydrogens is 268 g/mol. The Morgan fingerprint density at radius 1 is 1.19 bits per heavy atom. The number of hydrogen-bond acceptors (Lipinski definition) is 3. The summed E-state index contributed by atoms with van der Waals surface area (Å²) in [6.07, 6.45) is 0. The van der Waals surface area contributed by atoms with Crippen LogP contribution in [0, 0.1) is 5.92 Å². The van der Waals surface area contributed by atoms with Crippen LogP contribution in [0.2, 0.25) is 0 Å². The molecule has 0 aliphatic carbocycles. The highest BCUT2D eigenvalue weighted by Gasteiger charge is 2.20. The molecule has 0 saturated carbocycles. The minimum atomic E-state index is -0.886. The lowest BCUT2D eigenvalue weighted by Crippen LogP contribution is -2.36. The van der Waals surface area contributed by atoms with Gasteiger partial charge >= 0.3 is 5.97 Å². The molecule has 0 aliphatic rings. The van der Waals surface area contributed by atoms with E-state index in [0.29, 0.717) is 12.1 Å². The van der Waals surface area contributed by atoms with Crippen LogP contribution < -0.4 is 0 Å². The van der Waals surface area contributed by atoms with Crippen LogP contribution in [0.25, 0.3) is 0 Å². The molecule has 5 heteroatoms. The second kappa shape index (κ2) is 7.78. The van der Waals surface area contributed by atoms with Gasteiger partial charge < -0.3 is 14.9 Å². The van der Waals surface area contributed by atoms with Gasteiger partial charge in [0.15, 0.2) is 0 Å². The van der Waals surface area contributed by atoms with E-state index in [1.165, 1.54) is 0 Å². The van der Waals surface area contributed by atoms with E-state index in [0.717, 1.165) is 12.1 Å². The molecule has 1 N–H and O–H groups in total. The smallest absolute Gasteiger partial charge is 0.308 e. The number of benzene rings is 1. The predicted octanol–water partition coefficient (Wildman–Crippen LogP) is 1.93. The Kier molecular flexibility index (Phi) is 6.37. The molecule has 0 heterocycles. The van der Waals surface area contributed by atoms with E-state index in [-0.39, 0.29) is 12.5 Å². The number of amides is 1. The highest BCUT2D eigenvalue weighted by molar-refractivity contribution is 5.94. The minimum Gasteiger partial charge on any atom is -0.481 e. The molecule has 1 aromatic rings. The first kappa shape index (κ1) is 17.2. The average molecular weight is 292 g/mol. The maximum Gasteiger partial charge on any atom is 0.308 e. The number of carbonyl (C=O) groups excluding carboxylic acids is 1. The van der Waals surface area contributed by atoms with E-state index in [1.807, 2.05) is 33.2 Å². The molecule has 0 aliphatic heterocycles. The van der Waals surface area contributed by atoms with Crippen molar-refractivity contribution < 1.29 is 14.7 Å². The SMILES string of the molecule is CCN(CC(C)C(=O)O)C(=O)c1ccc(CN(C)C)cc1. The van der Waals surface area contributed by atoms with Crippen LogP contribution in [0.4, 0.5) is 0 Å². The van der Waals surface area contributed by atoms with Gasteiger partial charge in [-0.05, 0) is 38.7 Å². The summed E-state index contributed by atoms with van der Waals surface area (Å²) in [5.41, 5.74) is 1.73. The van der Waals surface area contributed by atoms with Gasteiger partial charge in [-0.3, -0.25) is 9.59 Å². The Bertz CT molecular complexity index is 483. The minimum absolute atomic E-state index is 0.123. The fraction of sp³-hybridized carbons (Fsp3) is 0.500. The lowest BCUT2D eigenvalue weighted by Gasteiger charge is -2.23. The van der Waals surface area contributed by atoms with E-state index >= 15 is 0 Å². The van der Waals surface area contributed by atoms with Crippen LogP contribution in [-0.2, 0) is 11.3 Å². The molecule has 0 radical (unpaired) electrons. The van der Waals surface area contributed by atoms with Gasteiger partial charge in [0.05, 0.1) is 5.92 Å². The maximum absolute atomic E-state index is 12.4. The van der Waals surface area contributed by atoms with Crippen molar-refractivity contribution >= 4 is 11.9 Å². The van der Waals surface area contributed by atoms with Crippen molar-refractivity contribution in [3.05, 3.63) is 35.4 Å². The van der Waals surface area contributed by atoms with Crippen molar-refractivity contribution in [1.82, 2.24) is 9.80 Å². The van der Waals surface area contributed by atoms with Crippen LogP contribution in [0.5, 0.6) is 0 Å². The molecule has 5 nitrogen and oxygen atoms in total. The van der Waals surface area contributed by atoms with Crippen molar-refractivity contribution in [2.45, 2.75) is 20.4 Å². The lowest BCUT2D eigenvalue weighted by molar-refractivity contribution is -0.141. The van der Waals surface area contributed by atoms with Crippen LogP contribution in [0.3, 0.4) is 0 Å². The van der Waals surface area contributed by atoms with Gasteiger partial charge in [0.25, 0.3) is 5.91 Å². The molecule has 21 heavy (non-hydrogen) atoms. The topological polar surface area (TPSA) is 60.9 Å². The number of rotatable bonds is 7. The molecule has 1 atom stereocenters. The summed E-state index contributed by atoms with van der Waals surface area (Å²) < 4.78 is 0. The largest absolute Gasteiger partial charge is 0.481 e. The summed E-state index contributed by atoms with van der Waals surface area (Å²) in [5.74, 6) is -1.58. The summed E-state index contributed by atoms with van der Waals surface area (Å²) in [4.78, 5) is 26.9. The van der Waals surface area contributed by atoms with Crippen LogP contribution in [-0.4, -0.2) is 54.0 Å². The Balaban J connectivity index is 2.78. The van der Waals surface area contributed by atoms with Gasteiger partial charge in [-0.15, -0.1) is 0 Å². The van der Waals surface area contributed by atoms with Crippen molar-refractivity contribution in [3.8, 4) is 0 Å². The van der Waals surface area contributed by atoms with Crippen LogP contribution >= 0.6 is 0 Å². The summed E-state index contributed by atoms with van der Waals surface area (Å²) in [5, 5.41) is 8.96. The van der Waals surface area contributed by atoms with Crippen molar-refractivity contribution in [1.29, 1.82) is 0 Å². The molecule has 116 valence electrons. The van der Waals surface area contributed by atoms with Crippen molar-refractivity contribution in [2.24, 2.45) is 5.92 Å². The number of carboxylic acid groups (broad SMARTS) is 1. The summed E-state index contributed by atoms with van der Waals surface area (Å²) in [6.45, 7) is 5.01. The van der Waals surface area contributed by atoms with Gasteiger partial charge in [0, 0.05) is 25.2 Å². The standard InChI is InChI=1S/C16H24N2O3/c1-5-18(10-12(2)16(20)21)15(19)14-8-6-13(7-9-14)11-17(3)4/h6-9,12H,5,10-11H2,1-4H3,(H,20,21). The first-order valence-corrected chi connectivity index (χ1v) is 7.10. The van der Waals surface area contributed by atoms with E-state index in [1.54, 1.807) is 24.0 Å². The Hall–Kier alpha value is -1.88. The van der Waals surface area contributed by atoms with E-state index < -0.39 is 11.9 Å². The number of aliphatic carboxylic acids is 1. The molecule has 1 amide bonds. The molecule has 0 bridgehead atoms. The highest BCUT2D eigenvalue weighted by atomic mass is 16.4. The predicted molar refractivity (Wildman–Crippen MR) is 82.2 cm³/mol. The molecule has 1 aromatic carbocycles. The average Bonchev–Trinajstić information content (AvgIpc) is 2.43. The fourth-order valence-electron chi connectivity index (χ4n) is 2.06. The maximum atomic E-state index is 12.4. The molecule has 0 spiro atoms. The van der Waals surface area contributed by atoms with E-state index in [9.17, 15) is 9.59 Å². The summed E-state index contributed by atoms with van der Waals surface area (Å²) in [7, 11) is 3.98. The summed E-state index contributed by atoms with van der Waals surface area (Å²) >= 11 is 0. The molecule has 1 unspecified atom stereocenters. The molecule has 1 rings (SSSR count). The normalized spacial score (nSPS) is 12.2. The number of carboxylic acids is 1. The first-order chi connectivity index (χ1) is 9.85. The lowest BCUT2D eigenvalue weighted by atomic mass is 10.1. The van der Waals surface area contributed by atoms with Gasteiger partial charge in [0.1, 0.15) is 0 Å². The summed E-state index contributed by atoms with van der Waals surface area (Å²) in [6, 6.07) is 7.47. The number of hydrogen-bond donors (Lipinski definition) is 1. The second-order valence-corrected chi connectivity index (χ2v) is 5.52. The second-order valence-electron chi connectivity index (χ2n) is 5.52. The molecular formula is C16H24N2O3. The zero-order chi connectivity index (χ0) is 16.0. The monoisotopic (exact) mass is 292 g/mol. The number of carbonyl (C=O) groups is 2. The molecule has 0 saturated heterocycles. The fourth-order valence-corrected chi connectivity index (χ4v) is 2.06. The van der Waals surface area contributed by atoms with E-state index in [2.05, 4.69) is 4.90 Å². The zero-order valence-corrected chi connectivity index (χ0v) is 13.2. The van der Waals surface area contributed by atoms with Gasteiger partial charge in [-0.2, -0.15) is 0 Å². The van der Waals surface area contributed by atoms with E-state index in [4.69, 9.17) is 5.11 Å². The third-order valence-electron chi connectivity index (χ3n) is 3.28. The third kappa shape index (κ3) is 5.19. The molecule has 0 aromatic heterocycles. The third-order valence-corrected chi connectivity index (χ3v) is 3.28. The number of nitrogens with zero attached hydrogens (tertiary/aromatic N) is 2. The van der Waals surface area contributed by atoms with Crippen molar-refractivity contribution in [2.75, 3.05) is 27.2 Å². The van der Waals surface area contributed by atoms with Crippen LogP contribution in [0.15, 0.2) is 24.3 Å². The first-order valence-electron chi connectivity index (χ1n) is 7.10.